The highest BCUT2D eigenvalue weighted by Crippen LogP contribution is 2.28. The molecular weight excluding hydrogens is 304 g/mol. The minimum Gasteiger partial charge on any atom is -0.497 e. The van der Waals surface area contributed by atoms with Gasteiger partial charge in [-0.2, -0.15) is 0 Å². The van der Waals surface area contributed by atoms with Gasteiger partial charge in [0.25, 0.3) is 0 Å². The molecule has 0 aromatic heterocycles. The molecule has 0 fully saturated rings. The van der Waals surface area contributed by atoms with Crippen LogP contribution in [-0.2, 0) is 4.79 Å². The summed E-state index contributed by atoms with van der Waals surface area (Å²) in [5.74, 6) is 1.11. The Bertz CT molecular complexity index is 662. The lowest BCUT2D eigenvalue weighted by Gasteiger charge is -2.12. The zero-order chi connectivity index (χ0) is 15.9. The molecule has 0 atom stereocenters. The molecule has 0 aliphatic heterocycles. The van der Waals surface area contributed by atoms with Crippen LogP contribution in [0, 0.1) is 0 Å². The summed E-state index contributed by atoms with van der Waals surface area (Å²) < 4.78 is 10.4. The van der Waals surface area contributed by atoms with Crippen molar-refractivity contribution in [1.82, 2.24) is 0 Å². The van der Waals surface area contributed by atoms with Gasteiger partial charge in [-0.15, -0.1) is 0 Å². The number of halogens is 1. The van der Waals surface area contributed by atoms with Gasteiger partial charge in [-0.05, 0) is 30.3 Å². The van der Waals surface area contributed by atoms with Gasteiger partial charge in [-0.25, -0.2) is 0 Å². The summed E-state index contributed by atoms with van der Waals surface area (Å²) in [7, 11) is 3.15. The monoisotopic (exact) mass is 320 g/mol. The van der Waals surface area contributed by atoms with Gasteiger partial charge < -0.3 is 20.1 Å². The molecule has 2 aromatic rings. The number of ether oxygens (including phenoxy) is 2. The van der Waals surface area contributed by atoms with Gasteiger partial charge in [0.15, 0.2) is 0 Å². The average Bonchev–Trinajstić information content (AvgIpc) is 2.52. The number of carbonyl (C=O) groups excluding carboxylic acids is 1. The third-order valence-electron chi connectivity index (χ3n) is 2.96. The Hall–Kier alpha value is -2.40. The van der Waals surface area contributed by atoms with Crippen molar-refractivity contribution in [2.45, 2.75) is 0 Å². The minimum absolute atomic E-state index is 0.106. The molecule has 116 valence electrons. The first-order valence-electron chi connectivity index (χ1n) is 6.63. The number of benzene rings is 2. The maximum Gasteiger partial charge on any atom is 0.243 e. The first-order valence-corrected chi connectivity index (χ1v) is 7.01. The number of carbonyl (C=O) groups is 1. The first-order chi connectivity index (χ1) is 10.6. The Kier molecular flexibility index (Phi) is 5.49. The third kappa shape index (κ3) is 4.30. The number of hydrogen-bond acceptors (Lipinski definition) is 4. The smallest absolute Gasteiger partial charge is 0.243 e. The van der Waals surface area contributed by atoms with Crippen molar-refractivity contribution in [3.8, 4) is 11.5 Å². The molecule has 0 aliphatic carbocycles. The van der Waals surface area contributed by atoms with Crippen LogP contribution < -0.4 is 20.1 Å². The molecule has 1 amide bonds. The fourth-order valence-electron chi connectivity index (χ4n) is 1.89. The van der Waals surface area contributed by atoms with E-state index in [1.54, 1.807) is 56.7 Å². The van der Waals surface area contributed by atoms with Crippen molar-refractivity contribution in [3.63, 3.8) is 0 Å². The van der Waals surface area contributed by atoms with E-state index in [-0.39, 0.29) is 12.5 Å². The molecule has 2 rings (SSSR count). The summed E-state index contributed by atoms with van der Waals surface area (Å²) in [5, 5.41) is 6.36. The Morgan fingerprint density at radius 1 is 1.14 bits per heavy atom. The van der Waals surface area contributed by atoms with Crippen LogP contribution in [0.5, 0.6) is 11.5 Å². The van der Waals surface area contributed by atoms with E-state index in [0.29, 0.717) is 27.9 Å². The number of methoxy groups -OCH3 is 2. The highest BCUT2D eigenvalue weighted by molar-refractivity contribution is 6.30. The highest BCUT2D eigenvalue weighted by Gasteiger charge is 2.07. The predicted molar refractivity (Wildman–Crippen MR) is 88.1 cm³/mol. The van der Waals surface area contributed by atoms with E-state index >= 15 is 0 Å². The summed E-state index contributed by atoms with van der Waals surface area (Å²) in [6.07, 6.45) is 0. The predicted octanol–water partition coefficient (Wildman–Crippen LogP) is 3.41. The van der Waals surface area contributed by atoms with Gasteiger partial charge >= 0.3 is 0 Å². The summed E-state index contributed by atoms with van der Waals surface area (Å²) in [5.41, 5.74) is 1.37. The minimum atomic E-state index is -0.180. The lowest BCUT2D eigenvalue weighted by Crippen LogP contribution is -2.21. The SMILES string of the molecule is COc1ccc(NCC(=O)Nc2cccc(Cl)c2)c(OC)c1. The van der Waals surface area contributed by atoms with Crippen LogP contribution in [-0.4, -0.2) is 26.7 Å². The van der Waals surface area contributed by atoms with Crippen molar-refractivity contribution in [3.05, 3.63) is 47.5 Å². The lowest BCUT2D eigenvalue weighted by molar-refractivity contribution is -0.114. The van der Waals surface area contributed by atoms with E-state index < -0.39 is 0 Å². The van der Waals surface area contributed by atoms with E-state index in [0.717, 1.165) is 0 Å². The molecule has 2 N–H and O–H groups in total. The fraction of sp³-hybridized carbons (Fsp3) is 0.188. The second-order valence-electron chi connectivity index (χ2n) is 4.48. The van der Waals surface area contributed by atoms with Crippen LogP contribution in [0.4, 0.5) is 11.4 Å². The topological polar surface area (TPSA) is 59.6 Å². The number of amides is 1. The van der Waals surface area contributed by atoms with Crippen LogP contribution >= 0.6 is 11.6 Å². The molecule has 2 aromatic carbocycles. The lowest BCUT2D eigenvalue weighted by atomic mass is 10.2. The van der Waals surface area contributed by atoms with Gasteiger partial charge in [-0.3, -0.25) is 4.79 Å². The van der Waals surface area contributed by atoms with Crippen molar-refractivity contribution < 1.29 is 14.3 Å². The molecule has 6 heteroatoms. The van der Waals surface area contributed by atoms with E-state index in [2.05, 4.69) is 10.6 Å². The largest absolute Gasteiger partial charge is 0.497 e. The summed E-state index contributed by atoms with van der Waals surface area (Å²) in [4.78, 5) is 11.9. The Morgan fingerprint density at radius 3 is 2.64 bits per heavy atom. The molecule has 0 aliphatic rings. The Balaban J connectivity index is 1.96. The Morgan fingerprint density at radius 2 is 1.95 bits per heavy atom. The molecule has 0 heterocycles. The zero-order valence-electron chi connectivity index (χ0n) is 12.4. The molecule has 0 unspecified atom stereocenters. The summed E-state index contributed by atoms with van der Waals surface area (Å²) >= 11 is 5.87. The Labute approximate surface area is 134 Å². The first kappa shape index (κ1) is 16.0. The van der Waals surface area contributed by atoms with Crippen molar-refractivity contribution in [1.29, 1.82) is 0 Å². The molecule has 22 heavy (non-hydrogen) atoms. The number of rotatable bonds is 6. The second kappa shape index (κ2) is 7.56. The van der Waals surface area contributed by atoms with Crippen molar-refractivity contribution >= 4 is 28.9 Å². The molecule has 5 nitrogen and oxygen atoms in total. The van der Waals surface area contributed by atoms with Crippen LogP contribution in [0.1, 0.15) is 0 Å². The van der Waals surface area contributed by atoms with Crippen molar-refractivity contribution in [2.75, 3.05) is 31.4 Å². The van der Waals surface area contributed by atoms with E-state index in [4.69, 9.17) is 21.1 Å². The van der Waals surface area contributed by atoms with Gasteiger partial charge in [0.2, 0.25) is 5.91 Å². The molecule has 0 radical (unpaired) electrons. The van der Waals surface area contributed by atoms with Gasteiger partial charge in [-0.1, -0.05) is 17.7 Å². The molecule has 0 saturated heterocycles. The van der Waals surface area contributed by atoms with E-state index in [9.17, 15) is 4.79 Å². The molecule has 0 spiro atoms. The van der Waals surface area contributed by atoms with Crippen LogP contribution in [0.15, 0.2) is 42.5 Å². The molecular formula is C16H17ClN2O3. The normalized spacial score (nSPS) is 9.95. The fourth-order valence-corrected chi connectivity index (χ4v) is 2.08. The van der Waals surface area contributed by atoms with Crippen molar-refractivity contribution in [2.24, 2.45) is 0 Å². The quantitative estimate of drug-likeness (QED) is 0.856. The zero-order valence-corrected chi connectivity index (χ0v) is 13.1. The molecule has 0 bridgehead atoms. The van der Waals surface area contributed by atoms with Gasteiger partial charge in [0.1, 0.15) is 11.5 Å². The van der Waals surface area contributed by atoms with E-state index in [1.807, 2.05) is 0 Å². The van der Waals surface area contributed by atoms with Crippen LogP contribution in [0.2, 0.25) is 5.02 Å². The second-order valence-corrected chi connectivity index (χ2v) is 4.91. The summed E-state index contributed by atoms with van der Waals surface area (Å²) in [6.45, 7) is 0.106. The number of hydrogen-bond donors (Lipinski definition) is 2. The van der Waals surface area contributed by atoms with E-state index in [1.165, 1.54) is 0 Å². The number of anilines is 2. The maximum atomic E-state index is 11.9. The molecule has 0 saturated carbocycles. The van der Waals surface area contributed by atoms with Gasteiger partial charge in [0, 0.05) is 16.8 Å². The summed E-state index contributed by atoms with van der Waals surface area (Å²) in [6, 6.07) is 12.3. The van der Waals surface area contributed by atoms with Gasteiger partial charge in [0.05, 0.1) is 26.5 Å². The van der Waals surface area contributed by atoms with Crippen LogP contribution in [0.25, 0.3) is 0 Å². The van der Waals surface area contributed by atoms with Crippen LogP contribution in [0.3, 0.4) is 0 Å². The highest BCUT2D eigenvalue weighted by atomic mass is 35.5. The average molecular weight is 321 g/mol. The number of nitrogens with one attached hydrogen (secondary N) is 2. The maximum absolute atomic E-state index is 11.9. The third-order valence-corrected chi connectivity index (χ3v) is 3.19. The standard InChI is InChI=1S/C16H17ClN2O3/c1-21-13-6-7-14(15(9-13)22-2)18-10-16(20)19-12-5-3-4-11(17)8-12/h3-9,18H,10H2,1-2H3,(H,19,20).